The number of fused-ring (bicyclic) bond motifs is 1. The van der Waals surface area contributed by atoms with Gasteiger partial charge in [0.15, 0.2) is 0 Å². The van der Waals surface area contributed by atoms with Crippen LogP contribution in [0.25, 0.3) is 10.9 Å². The van der Waals surface area contributed by atoms with E-state index in [4.69, 9.17) is 5.11 Å². The minimum atomic E-state index is 0.0693. The van der Waals surface area contributed by atoms with Gasteiger partial charge < -0.3 is 5.11 Å². The SMILES string of the molecule is OCc1ccc2c(cnn2Cc2ccccc2)c1. The predicted octanol–water partition coefficient (Wildman–Crippen LogP) is 2.58. The molecule has 1 heterocycles. The Morgan fingerprint density at radius 3 is 2.61 bits per heavy atom. The van der Waals surface area contributed by atoms with Crippen LogP contribution >= 0.6 is 0 Å². The third-order valence-electron chi connectivity index (χ3n) is 3.06. The molecule has 0 aliphatic heterocycles. The van der Waals surface area contributed by atoms with E-state index in [2.05, 4.69) is 17.2 Å². The van der Waals surface area contributed by atoms with Crippen LogP contribution in [0.2, 0.25) is 0 Å². The van der Waals surface area contributed by atoms with E-state index in [1.807, 2.05) is 47.3 Å². The van der Waals surface area contributed by atoms with Gasteiger partial charge in [0.25, 0.3) is 0 Å². The number of hydrogen-bond donors (Lipinski definition) is 1. The Hall–Kier alpha value is -2.13. The van der Waals surface area contributed by atoms with Crippen LogP contribution in [0.3, 0.4) is 0 Å². The number of benzene rings is 2. The van der Waals surface area contributed by atoms with E-state index < -0.39 is 0 Å². The summed E-state index contributed by atoms with van der Waals surface area (Å²) in [6, 6.07) is 16.2. The van der Waals surface area contributed by atoms with Crippen molar-refractivity contribution in [1.29, 1.82) is 0 Å². The van der Waals surface area contributed by atoms with Crippen LogP contribution in [-0.4, -0.2) is 14.9 Å². The zero-order valence-corrected chi connectivity index (χ0v) is 9.95. The van der Waals surface area contributed by atoms with E-state index >= 15 is 0 Å². The van der Waals surface area contributed by atoms with Crippen LogP contribution in [0.1, 0.15) is 11.1 Å². The van der Waals surface area contributed by atoms with Crippen molar-refractivity contribution in [3.05, 3.63) is 65.9 Å². The van der Waals surface area contributed by atoms with E-state index in [1.165, 1.54) is 5.56 Å². The minimum Gasteiger partial charge on any atom is -0.392 e. The van der Waals surface area contributed by atoms with Gasteiger partial charge in [-0.15, -0.1) is 0 Å². The molecule has 3 nitrogen and oxygen atoms in total. The molecule has 3 rings (SSSR count). The summed E-state index contributed by atoms with van der Waals surface area (Å²) >= 11 is 0. The van der Waals surface area contributed by atoms with Crippen molar-refractivity contribution in [3.63, 3.8) is 0 Å². The maximum atomic E-state index is 9.11. The van der Waals surface area contributed by atoms with Crippen LogP contribution in [0.4, 0.5) is 0 Å². The standard InChI is InChI=1S/C15H14N2O/c18-11-13-6-7-15-14(8-13)9-16-17(15)10-12-4-2-1-3-5-12/h1-9,18H,10-11H2. The molecule has 0 bridgehead atoms. The second-order valence-corrected chi connectivity index (χ2v) is 4.34. The second kappa shape index (κ2) is 4.63. The summed E-state index contributed by atoms with van der Waals surface area (Å²) in [5, 5.41) is 14.6. The van der Waals surface area contributed by atoms with Crippen LogP contribution in [0.5, 0.6) is 0 Å². The topological polar surface area (TPSA) is 38.1 Å². The first-order chi connectivity index (χ1) is 8.86. The van der Waals surface area contributed by atoms with Crippen molar-refractivity contribution >= 4 is 10.9 Å². The Morgan fingerprint density at radius 1 is 1.00 bits per heavy atom. The summed E-state index contributed by atoms with van der Waals surface area (Å²) in [7, 11) is 0. The van der Waals surface area contributed by atoms with Gasteiger partial charge in [-0.3, -0.25) is 4.68 Å². The highest BCUT2D eigenvalue weighted by Crippen LogP contribution is 2.17. The Morgan fingerprint density at radius 2 is 1.83 bits per heavy atom. The molecular weight excluding hydrogens is 224 g/mol. The molecule has 0 spiro atoms. The lowest BCUT2D eigenvalue weighted by atomic mass is 10.1. The molecule has 3 aromatic rings. The van der Waals surface area contributed by atoms with Gasteiger partial charge in [-0.2, -0.15) is 5.10 Å². The zero-order chi connectivity index (χ0) is 12.4. The number of rotatable bonds is 3. The summed E-state index contributed by atoms with van der Waals surface area (Å²) < 4.78 is 1.98. The Labute approximate surface area is 105 Å². The van der Waals surface area contributed by atoms with Gasteiger partial charge in [0.05, 0.1) is 24.9 Å². The molecule has 1 N–H and O–H groups in total. The lowest BCUT2D eigenvalue weighted by Crippen LogP contribution is -2.00. The Kier molecular flexibility index (Phi) is 2.82. The van der Waals surface area contributed by atoms with Gasteiger partial charge in [-0.25, -0.2) is 0 Å². The van der Waals surface area contributed by atoms with Gasteiger partial charge in [0.2, 0.25) is 0 Å². The lowest BCUT2D eigenvalue weighted by Gasteiger charge is -2.04. The highest BCUT2D eigenvalue weighted by Gasteiger charge is 2.03. The number of aliphatic hydroxyl groups excluding tert-OH is 1. The summed E-state index contributed by atoms with van der Waals surface area (Å²) in [6.45, 7) is 0.836. The molecule has 18 heavy (non-hydrogen) atoms. The van der Waals surface area contributed by atoms with Gasteiger partial charge in [-0.05, 0) is 23.3 Å². The largest absolute Gasteiger partial charge is 0.392 e. The third kappa shape index (κ3) is 2.00. The molecule has 0 aliphatic rings. The van der Waals surface area contributed by atoms with Crippen LogP contribution < -0.4 is 0 Å². The number of aromatic nitrogens is 2. The number of aliphatic hydroxyl groups is 1. The summed E-state index contributed by atoms with van der Waals surface area (Å²) in [6.07, 6.45) is 1.84. The quantitative estimate of drug-likeness (QED) is 0.761. The van der Waals surface area contributed by atoms with Crippen LogP contribution in [0.15, 0.2) is 54.7 Å². The smallest absolute Gasteiger partial charge is 0.0686 e. The highest BCUT2D eigenvalue weighted by molar-refractivity contribution is 5.79. The average molecular weight is 238 g/mol. The third-order valence-corrected chi connectivity index (χ3v) is 3.06. The van der Waals surface area contributed by atoms with E-state index in [0.717, 1.165) is 23.0 Å². The number of nitrogens with zero attached hydrogens (tertiary/aromatic N) is 2. The first-order valence-corrected chi connectivity index (χ1v) is 5.96. The average Bonchev–Trinajstić information content (AvgIpc) is 2.82. The monoisotopic (exact) mass is 238 g/mol. The molecule has 0 radical (unpaired) electrons. The van der Waals surface area contributed by atoms with E-state index in [1.54, 1.807) is 0 Å². The van der Waals surface area contributed by atoms with Gasteiger partial charge in [-0.1, -0.05) is 36.4 Å². The molecule has 2 aromatic carbocycles. The molecule has 0 fully saturated rings. The molecule has 0 saturated carbocycles. The normalized spacial score (nSPS) is 10.9. The molecular formula is C15H14N2O. The highest BCUT2D eigenvalue weighted by atomic mass is 16.3. The van der Waals surface area contributed by atoms with Crippen LogP contribution in [-0.2, 0) is 13.2 Å². The van der Waals surface area contributed by atoms with Gasteiger partial charge in [0.1, 0.15) is 0 Å². The molecule has 0 aliphatic carbocycles. The van der Waals surface area contributed by atoms with E-state index in [0.29, 0.717) is 0 Å². The first kappa shape index (κ1) is 11.0. The summed E-state index contributed by atoms with van der Waals surface area (Å²) in [5.74, 6) is 0. The molecule has 1 aromatic heterocycles. The summed E-state index contributed by atoms with van der Waals surface area (Å²) in [5.41, 5.74) is 3.24. The Bertz CT molecular complexity index is 659. The van der Waals surface area contributed by atoms with Crippen molar-refractivity contribution < 1.29 is 5.11 Å². The maximum absolute atomic E-state index is 9.11. The molecule has 0 saturated heterocycles. The van der Waals surface area contributed by atoms with E-state index in [-0.39, 0.29) is 6.61 Å². The molecule has 3 heteroatoms. The minimum absolute atomic E-state index is 0.0693. The molecule has 0 amide bonds. The van der Waals surface area contributed by atoms with Crippen molar-refractivity contribution in [2.45, 2.75) is 13.2 Å². The summed E-state index contributed by atoms with van der Waals surface area (Å²) in [4.78, 5) is 0. The van der Waals surface area contributed by atoms with Gasteiger partial charge >= 0.3 is 0 Å². The molecule has 0 unspecified atom stereocenters. The van der Waals surface area contributed by atoms with Crippen molar-refractivity contribution in [2.24, 2.45) is 0 Å². The Balaban J connectivity index is 1.98. The number of hydrogen-bond acceptors (Lipinski definition) is 2. The fourth-order valence-electron chi connectivity index (χ4n) is 2.12. The fourth-order valence-corrected chi connectivity index (χ4v) is 2.12. The van der Waals surface area contributed by atoms with Crippen molar-refractivity contribution in [3.8, 4) is 0 Å². The van der Waals surface area contributed by atoms with Gasteiger partial charge in [0, 0.05) is 5.39 Å². The van der Waals surface area contributed by atoms with E-state index in [9.17, 15) is 0 Å². The first-order valence-electron chi connectivity index (χ1n) is 5.96. The molecule has 0 atom stereocenters. The lowest BCUT2D eigenvalue weighted by molar-refractivity contribution is 0.282. The predicted molar refractivity (Wildman–Crippen MR) is 71.2 cm³/mol. The van der Waals surface area contributed by atoms with Crippen molar-refractivity contribution in [2.75, 3.05) is 0 Å². The fraction of sp³-hybridized carbons (Fsp3) is 0.133. The second-order valence-electron chi connectivity index (χ2n) is 4.34. The zero-order valence-electron chi connectivity index (χ0n) is 9.95. The maximum Gasteiger partial charge on any atom is 0.0686 e. The molecule has 90 valence electrons. The van der Waals surface area contributed by atoms with Crippen molar-refractivity contribution in [1.82, 2.24) is 9.78 Å². The van der Waals surface area contributed by atoms with Crippen LogP contribution in [0, 0.1) is 0 Å².